The van der Waals surface area contributed by atoms with Crippen LogP contribution in [0.4, 0.5) is 10.5 Å². The van der Waals surface area contributed by atoms with E-state index in [1.54, 1.807) is 20.8 Å². The van der Waals surface area contributed by atoms with Crippen LogP contribution in [0.5, 0.6) is 5.75 Å². The summed E-state index contributed by atoms with van der Waals surface area (Å²) in [6, 6.07) is 4.22. The first-order valence-electron chi connectivity index (χ1n) is 7.69. The maximum atomic E-state index is 12.5. The summed E-state index contributed by atoms with van der Waals surface area (Å²) >= 11 is 0. The number of nitrogens with one attached hydrogen (secondary N) is 1. The smallest absolute Gasteiger partial charge is 0.428 e. The number of ether oxygens (including phenoxy) is 2. The Balaban J connectivity index is 2.26. The van der Waals surface area contributed by atoms with E-state index in [0.29, 0.717) is 11.4 Å². The molecule has 1 heterocycles. The average Bonchev–Trinajstić information content (AvgIpc) is 2.61. The van der Waals surface area contributed by atoms with Crippen LogP contribution in [0.2, 0.25) is 0 Å². The highest BCUT2D eigenvalue weighted by atomic mass is 32.2. The van der Waals surface area contributed by atoms with Crippen LogP contribution in [0, 0.1) is 0 Å². The normalized spacial score (nSPS) is 16.6. The summed E-state index contributed by atoms with van der Waals surface area (Å²) in [6.45, 7) is 4.90. The molecule has 0 atom stereocenters. The number of rotatable bonds is 2. The molecule has 1 aromatic rings. The zero-order chi connectivity index (χ0) is 19.7. The molecule has 0 fully saturated rings. The second-order valence-corrected chi connectivity index (χ2v) is 8.74. The zero-order valence-corrected chi connectivity index (χ0v) is 16.0. The predicted octanol–water partition coefficient (Wildman–Crippen LogP) is 1.33. The molecule has 0 bridgehead atoms. The van der Waals surface area contributed by atoms with Gasteiger partial charge < -0.3 is 14.4 Å². The van der Waals surface area contributed by atoms with Gasteiger partial charge in [0.2, 0.25) is 0 Å². The first-order valence-corrected chi connectivity index (χ1v) is 9.58. The average molecular weight is 383 g/mol. The van der Waals surface area contributed by atoms with Gasteiger partial charge in [-0.25, -0.2) is 18.6 Å². The molecule has 2 rings (SSSR count). The van der Waals surface area contributed by atoms with Crippen LogP contribution in [0.15, 0.2) is 28.2 Å². The fraction of sp³-hybridized carbons (Fsp3) is 0.438. The predicted molar refractivity (Wildman–Crippen MR) is 95.3 cm³/mol. The molecule has 0 aromatic heterocycles. The van der Waals surface area contributed by atoms with Crippen molar-refractivity contribution in [3.63, 3.8) is 0 Å². The number of nitrogens with zero attached hydrogens (tertiary/aromatic N) is 2. The van der Waals surface area contributed by atoms with E-state index < -0.39 is 27.4 Å². The third-order valence-corrected chi connectivity index (χ3v) is 4.43. The number of fused-ring (bicyclic) bond motifs is 1. The molecule has 0 radical (unpaired) electrons. The highest BCUT2D eigenvalue weighted by Gasteiger charge is 2.27. The van der Waals surface area contributed by atoms with Gasteiger partial charge in [-0.1, -0.05) is 0 Å². The van der Waals surface area contributed by atoms with Crippen LogP contribution in [-0.2, 0) is 19.4 Å². The Morgan fingerprint density at radius 3 is 2.58 bits per heavy atom. The second kappa shape index (κ2) is 6.94. The van der Waals surface area contributed by atoms with Crippen molar-refractivity contribution in [2.45, 2.75) is 31.3 Å². The van der Waals surface area contributed by atoms with E-state index >= 15 is 0 Å². The molecular formula is C16H21N3O6S. The zero-order valence-electron chi connectivity index (χ0n) is 15.2. The van der Waals surface area contributed by atoms with E-state index in [1.165, 1.54) is 30.1 Å². The highest BCUT2D eigenvalue weighted by molar-refractivity contribution is 7.90. The van der Waals surface area contributed by atoms with Gasteiger partial charge in [0.15, 0.2) is 15.5 Å². The van der Waals surface area contributed by atoms with Crippen LogP contribution in [0.1, 0.15) is 20.8 Å². The molecule has 0 unspecified atom stereocenters. The lowest BCUT2D eigenvalue weighted by atomic mass is 10.2. The topological polar surface area (TPSA) is 114 Å². The van der Waals surface area contributed by atoms with E-state index in [9.17, 15) is 18.0 Å². The third-order valence-electron chi connectivity index (χ3n) is 3.32. The molecule has 142 valence electrons. The van der Waals surface area contributed by atoms with Crippen molar-refractivity contribution in [1.29, 1.82) is 0 Å². The fourth-order valence-corrected chi connectivity index (χ4v) is 2.76. The standard InChI is InChI=1S/C16H21N3O6S/c1-16(2,3)25-15(21)18-17-11-9-24-13-7-6-10(26(5,22)23)8-12(13)19(4)14(11)20/h6-8H,9H2,1-5H3,(H,18,21)/b17-11-. The van der Waals surface area contributed by atoms with Gasteiger partial charge in [-0.15, -0.1) is 0 Å². The molecule has 0 saturated heterocycles. The number of carbonyl (C=O) groups excluding carboxylic acids is 2. The lowest BCUT2D eigenvalue weighted by Crippen LogP contribution is -2.37. The molecule has 26 heavy (non-hydrogen) atoms. The van der Waals surface area contributed by atoms with Crippen molar-refractivity contribution in [3.05, 3.63) is 18.2 Å². The Kier molecular flexibility index (Phi) is 5.26. The number of hydrogen-bond donors (Lipinski definition) is 1. The first-order chi connectivity index (χ1) is 11.9. The molecular weight excluding hydrogens is 362 g/mol. The quantitative estimate of drug-likeness (QED) is 0.771. The van der Waals surface area contributed by atoms with E-state index in [4.69, 9.17) is 9.47 Å². The Morgan fingerprint density at radius 2 is 2.00 bits per heavy atom. The van der Waals surface area contributed by atoms with E-state index in [0.717, 1.165) is 6.26 Å². The van der Waals surface area contributed by atoms with Crippen LogP contribution >= 0.6 is 0 Å². The van der Waals surface area contributed by atoms with Crippen molar-refractivity contribution in [3.8, 4) is 5.75 Å². The van der Waals surface area contributed by atoms with Crippen LogP contribution in [0.3, 0.4) is 0 Å². The number of benzene rings is 1. The van der Waals surface area contributed by atoms with E-state index in [2.05, 4.69) is 10.5 Å². The molecule has 1 aliphatic heterocycles. The van der Waals surface area contributed by atoms with Crippen molar-refractivity contribution in [2.24, 2.45) is 5.10 Å². The molecule has 1 aromatic carbocycles. The highest BCUT2D eigenvalue weighted by Crippen LogP contribution is 2.32. The lowest BCUT2D eigenvalue weighted by Gasteiger charge is -2.19. The summed E-state index contributed by atoms with van der Waals surface area (Å²) in [7, 11) is -1.98. The molecule has 1 N–H and O–H groups in total. The largest absolute Gasteiger partial charge is 0.485 e. The summed E-state index contributed by atoms with van der Waals surface area (Å²) in [4.78, 5) is 25.5. The van der Waals surface area contributed by atoms with Gasteiger partial charge >= 0.3 is 6.09 Å². The molecule has 2 amide bonds. The number of hydrazone groups is 1. The van der Waals surface area contributed by atoms with Crippen molar-refractivity contribution < 1.29 is 27.5 Å². The Labute approximate surface area is 151 Å². The summed E-state index contributed by atoms with van der Waals surface area (Å²) in [5.41, 5.74) is 1.68. The van der Waals surface area contributed by atoms with E-state index in [1.807, 2.05) is 0 Å². The number of carbonyl (C=O) groups is 2. The summed E-state index contributed by atoms with van der Waals surface area (Å²) in [6.07, 6.45) is 0.271. The van der Waals surface area contributed by atoms with Crippen LogP contribution in [0.25, 0.3) is 0 Å². The van der Waals surface area contributed by atoms with Crippen molar-refractivity contribution in [1.82, 2.24) is 5.43 Å². The molecule has 0 saturated carbocycles. The van der Waals surface area contributed by atoms with Gasteiger partial charge in [-0.05, 0) is 39.0 Å². The Morgan fingerprint density at radius 1 is 1.35 bits per heavy atom. The Hall–Kier alpha value is -2.62. The molecule has 0 aliphatic carbocycles. The van der Waals surface area contributed by atoms with E-state index in [-0.39, 0.29) is 17.2 Å². The van der Waals surface area contributed by atoms with Gasteiger partial charge in [-0.2, -0.15) is 5.10 Å². The van der Waals surface area contributed by atoms with Crippen LogP contribution in [-0.4, -0.2) is 51.6 Å². The minimum atomic E-state index is -3.44. The molecule has 10 heteroatoms. The number of amides is 2. The van der Waals surface area contributed by atoms with Crippen LogP contribution < -0.4 is 15.1 Å². The van der Waals surface area contributed by atoms with Gasteiger partial charge in [0.05, 0.1) is 10.6 Å². The maximum Gasteiger partial charge on any atom is 0.428 e. The molecule has 1 aliphatic rings. The van der Waals surface area contributed by atoms with Gasteiger partial charge in [0.25, 0.3) is 5.91 Å². The molecule has 0 spiro atoms. The summed E-state index contributed by atoms with van der Waals surface area (Å²) in [5, 5.41) is 3.77. The number of anilines is 1. The minimum absolute atomic E-state index is 0.0598. The van der Waals surface area contributed by atoms with Crippen molar-refractivity contribution in [2.75, 3.05) is 24.8 Å². The summed E-state index contributed by atoms with van der Waals surface area (Å²) < 4.78 is 34.0. The van der Waals surface area contributed by atoms with Gasteiger partial charge in [0, 0.05) is 13.3 Å². The first kappa shape index (κ1) is 19.7. The fourth-order valence-electron chi connectivity index (χ4n) is 2.12. The minimum Gasteiger partial charge on any atom is -0.485 e. The number of sulfone groups is 1. The Bertz CT molecular complexity index is 870. The lowest BCUT2D eigenvalue weighted by molar-refractivity contribution is -0.112. The van der Waals surface area contributed by atoms with Gasteiger partial charge in [0.1, 0.15) is 18.0 Å². The monoisotopic (exact) mass is 383 g/mol. The molecule has 9 nitrogen and oxygen atoms in total. The number of hydrogen-bond acceptors (Lipinski definition) is 7. The second-order valence-electron chi connectivity index (χ2n) is 6.73. The maximum absolute atomic E-state index is 12.5. The summed E-state index contributed by atoms with van der Waals surface area (Å²) in [5.74, 6) is -0.207. The van der Waals surface area contributed by atoms with Crippen molar-refractivity contribution >= 4 is 33.2 Å². The third kappa shape index (κ3) is 4.72. The SMILES string of the molecule is CN1C(=O)/C(=N\NC(=O)OC(C)(C)C)COc2ccc(S(C)(=O)=O)cc21. The van der Waals surface area contributed by atoms with Gasteiger partial charge in [-0.3, -0.25) is 4.79 Å².